The van der Waals surface area contributed by atoms with Gasteiger partial charge in [0.05, 0.1) is 11.3 Å². The van der Waals surface area contributed by atoms with Crippen LogP contribution in [0.4, 0.5) is 0 Å². The molecule has 0 unspecified atom stereocenters. The van der Waals surface area contributed by atoms with Crippen LogP contribution in [0, 0.1) is 0 Å². The Morgan fingerprint density at radius 2 is 1.76 bits per heavy atom. The van der Waals surface area contributed by atoms with E-state index in [-0.39, 0.29) is 55.9 Å². The van der Waals surface area contributed by atoms with E-state index in [0.717, 1.165) is 0 Å². The number of benzene rings is 1. The van der Waals surface area contributed by atoms with Gasteiger partial charge in [0.1, 0.15) is 6.10 Å². The first-order valence-corrected chi connectivity index (χ1v) is 10.9. The monoisotopic (exact) mass is 424 g/mol. The molecule has 2 atom stereocenters. The lowest BCUT2D eigenvalue weighted by molar-refractivity contribution is -0.161. The van der Waals surface area contributed by atoms with E-state index in [1.54, 1.807) is 37.3 Å². The van der Waals surface area contributed by atoms with E-state index in [2.05, 4.69) is 0 Å². The molecule has 0 aliphatic carbocycles. The van der Waals surface area contributed by atoms with Gasteiger partial charge >= 0.3 is 11.9 Å². The molecule has 2 aliphatic heterocycles. The molecule has 0 saturated carbocycles. The summed E-state index contributed by atoms with van der Waals surface area (Å²) in [5.41, 5.74) is 0. The molecule has 10 heteroatoms. The number of esters is 2. The van der Waals surface area contributed by atoms with Crippen LogP contribution < -0.4 is 0 Å². The van der Waals surface area contributed by atoms with Gasteiger partial charge in [0, 0.05) is 39.0 Å². The van der Waals surface area contributed by atoms with Gasteiger partial charge in [0.2, 0.25) is 22.0 Å². The second kappa shape index (κ2) is 8.91. The van der Waals surface area contributed by atoms with Gasteiger partial charge in [-0.2, -0.15) is 4.31 Å². The quantitative estimate of drug-likeness (QED) is 0.613. The Balaban J connectivity index is 1.44. The molecule has 158 valence electrons. The number of cyclic esters (lactones) is 1. The Hall–Kier alpha value is -2.46. The molecular formula is C19H24N2O7S. The number of nitrogens with zero attached hydrogens (tertiary/aromatic N) is 2. The molecule has 3 rings (SSSR count). The summed E-state index contributed by atoms with van der Waals surface area (Å²) in [6.45, 7) is 2.62. The number of hydrogen-bond acceptors (Lipinski definition) is 7. The van der Waals surface area contributed by atoms with E-state index >= 15 is 0 Å². The van der Waals surface area contributed by atoms with Crippen molar-refractivity contribution >= 4 is 27.9 Å². The molecule has 9 nitrogen and oxygen atoms in total. The van der Waals surface area contributed by atoms with Crippen LogP contribution >= 0.6 is 0 Å². The summed E-state index contributed by atoms with van der Waals surface area (Å²) in [4.78, 5) is 37.5. The van der Waals surface area contributed by atoms with Crippen molar-refractivity contribution in [3.8, 4) is 0 Å². The molecule has 0 spiro atoms. The molecule has 2 fully saturated rings. The molecular weight excluding hydrogens is 400 g/mol. The van der Waals surface area contributed by atoms with Gasteiger partial charge in [-0.15, -0.1) is 0 Å². The zero-order valence-corrected chi connectivity index (χ0v) is 17.0. The summed E-state index contributed by atoms with van der Waals surface area (Å²) >= 11 is 0. The molecule has 0 radical (unpaired) electrons. The Morgan fingerprint density at radius 1 is 1.10 bits per heavy atom. The molecule has 1 amide bonds. The number of carbonyl (C=O) groups excluding carboxylic acids is 3. The molecule has 0 N–H and O–H groups in total. The van der Waals surface area contributed by atoms with E-state index in [1.165, 1.54) is 9.21 Å². The highest BCUT2D eigenvalue weighted by molar-refractivity contribution is 7.89. The number of sulfonamides is 1. The van der Waals surface area contributed by atoms with Crippen LogP contribution in [0.1, 0.15) is 26.2 Å². The van der Waals surface area contributed by atoms with Crippen molar-refractivity contribution in [3.05, 3.63) is 30.3 Å². The van der Waals surface area contributed by atoms with Crippen LogP contribution in [0.5, 0.6) is 0 Å². The predicted octanol–water partition coefficient (Wildman–Crippen LogP) is 0.547. The minimum absolute atomic E-state index is 0.0540. The van der Waals surface area contributed by atoms with Crippen LogP contribution in [-0.4, -0.2) is 73.9 Å². The van der Waals surface area contributed by atoms with E-state index < -0.39 is 28.1 Å². The van der Waals surface area contributed by atoms with Crippen LogP contribution in [0.15, 0.2) is 35.2 Å². The first-order chi connectivity index (χ1) is 13.8. The topological polar surface area (TPSA) is 110 Å². The number of rotatable bonds is 6. The fourth-order valence-electron chi connectivity index (χ4n) is 3.32. The minimum atomic E-state index is -3.58. The molecule has 1 aromatic carbocycles. The first-order valence-electron chi connectivity index (χ1n) is 9.50. The third-order valence-electron chi connectivity index (χ3n) is 4.92. The van der Waals surface area contributed by atoms with E-state index in [4.69, 9.17) is 9.47 Å². The van der Waals surface area contributed by atoms with Crippen LogP contribution in [0.3, 0.4) is 0 Å². The zero-order chi connectivity index (χ0) is 21.0. The predicted molar refractivity (Wildman–Crippen MR) is 101 cm³/mol. The Labute approximate surface area is 169 Å². The molecule has 2 heterocycles. The van der Waals surface area contributed by atoms with Gasteiger partial charge < -0.3 is 14.4 Å². The SMILES string of the molecule is C[C@@H]1C[C@@H](OC(=O)CCC(=O)N2CCN(S(=O)(=O)c3ccccc3)CC2)C(=O)O1. The maximum Gasteiger partial charge on any atom is 0.347 e. The largest absolute Gasteiger partial charge is 0.460 e. The zero-order valence-electron chi connectivity index (χ0n) is 16.2. The molecule has 29 heavy (non-hydrogen) atoms. The maximum atomic E-state index is 12.6. The summed E-state index contributed by atoms with van der Waals surface area (Å²) in [5.74, 6) is -1.44. The van der Waals surface area contributed by atoms with Crippen molar-refractivity contribution in [3.63, 3.8) is 0 Å². The first kappa shape index (κ1) is 21.3. The van der Waals surface area contributed by atoms with Crippen molar-refractivity contribution < 1.29 is 32.3 Å². The summed E-state index contributed by atoms with van der Waals surface area (Å²) in [7, 11) is -3.58. The van der Waals surface area contributed by atoms with Crippen LogP contribution in [-0.2, 0) is 33.9 Å². The molecule has 2 aliphatic rings. The summed E-state index contributed by atoms with van der Waals surface area (Å²) in [6.07, 6.45) is -1.07. The van der Waals surface area contributed by atoms with Gasteiger partial charge in [-0.3, -0.25) is 9.59 Å². The normalized spacial score (nSPS) is 22.9. The Morgan fingerprint density at radius 3 is 2.34 bits per heavy atom. The highest BCUT2D eigenvalue weighted by atomic mass is 32.2. The van der Waals surface area contributed by atoms with Crippen LogP contribution in [0.2, 0.25) is 0 Å². The lowest BCUT2D eigenvalue weighted by atomic mass is 10.2. The average molecular weight is 424 g/mol. The Kier molecular flexibility index (Phi) is 6.53. The fraction of sp³-hybridized carbons (Fsp3) is 0.526. The third-order valence-corrected chi connectivity index (χ3v) is 6.83. The minimum Gasteiger partial charge on any atom is -0.460 e. The molecule has 1 aromatic rings. The van der Waals surface area contributed by atoms with Gasteiger partial charge in [-0.05, 0) is 19.1 Å². The smallest absolute Gasteiger partial charge is 0.347 e. The lowest BCUT2D eigenvalue weighted by Gasteiger charge is -2.34. The van der Waals surface area contributed by atoms with Gasteiger partial charge in [0.15, 0.2) is 0 Å². The fourth-order valence-corrected chi connectivity index (χ4v) is 4.76. The van der Waals surface area contributed by atoms with Gasteiger partial charge in [-0.25, -0.2) is 13.2 Å². The van der Waals surface area contributed by atoms with Crippen LogP contribution in [0.25, 0.3) is 0 Å². The van der Waals surface area contributed by atoms with E-state index in [9.17, 15) is 22.8 Å². The number of piperazine rings is 1. The van der Waals surface area contributed by atoms with Crippen molar-refractivity contribution in [1.29, 1.82) is 0 Å². The number of carbonyl (C=O) groups is 3. The van der Waals surface area contributed by atoms with Crippen molar-refractivity contribution in [2.24, 2.45) is 0 Å². The van der Waals surface area contributed by atoms with Gasteiger partial charge in [0.25, 0.3) is 0 Å². The second-order valence-electron chi connectivity index (χ2n) is 7.06. The molecule has 2 saturated heterocycles. The lowest BCUT2D eigenvalue weighted by Crippen LogP contribution is -2.50. The van der Waals surface area contributed by atoms with Crippen molar-refractivity contribution in [2.45, 2.75) is 43.3 Å². The summed E-state index contributed by atoms with van der Waals surface area (Å²) in [5, 5.41) is 0. The van der Waals surface area contributed by atoms with Gasteiger partial charge in [-0.1, -0.05) is 18.2 Å². The highest BCUT2D eigenvalue weighted by Gasteiger charge is 2.35. The highest BCUT2D eigenvalue weighted by Crippen LogP contribution is 2.19. The van der Waals surface area contributed by atoms with E-state index in [1.807, 2.05) is 0 Å². The van der Waals surface area contributed by atoms with Crippen molar-refractivity contribution in [1.82, 2.24) is 9.21 Å². The summed E-state index contributed by atoms with van der Waals surface area (Å²) < 4.78 is 36.6. The third kappa shape index (κ3) is 5.13. The van der Waals surface area contributed by atoms with Crippen molar-refractivity contribution in [2.75, 3.05) is 26.2 Å². The average Bonchev–Trinajstić information content (AvgIpc) is 3.03. The molecule has 0 aromatic heterocycles. The van der Waals surface area contributed by atoms with E-state index in [0.29, 0.717) is 6.42 Å². The standard InChI is InChI=1S/C19H24N2O7S/c1-14-13-16(19(24)27-14)28-18(23)8-7-17(22)20-9-11-21(12-10-20)29(25,26)15-5-3-2-4-6-15/h2-6,14,16H,7-13H2,1H3/t14-,16-/m1/s1. The summed E-state index contributed by atoms with van der Waals surface area (Å²) in [6, 6.07) is 8.16. The number of amides is 1. The number of hydrogen-bond donors (Lipinski definition) is 0. The Bertz CT molecular complexity index is 864. The maximum absolute atomic E-state index is 12.6. The number of ether oxygens (including phenoxy) is 2. The molecule has 0 bridgehead atoms. The second-order valence-corrected chi connectivity index (χ2v) is 9.00.